The maximum Gasteiger partial charge on any atom is 0.248 e. The predicted octanol–water partition coefficient (Wildman–Crippen LogP) is 3.49. The van der Waals surface area contributed by atoms with Gasteiger partial charge in [0, 0.05) is 23.2 Å². The zero-order valence-electron chi connectivity index (χ0n) is 18.5. The van der Waals surface area contributed by atoms with Crippen LogP contribution in [0.3, 0.4) is 0 Å². The molecule has 0 unspecified atom stereocenters. The van der Waals surface area contributed by atoms with Gasteiger partial charge in [0.25, 0.3) is 0 Å². The fourth-order valence-electron chi connectivity index (χ4n) is 3.41. The van der Waals surface area contributed by atoms with E-state index in [9.17, 15) is 14.3 Å². The number of rotatable bonds is 7. The summed E-state index contributed by atoms with van der Waals surface area (Å²) in [5, 5.41) is 18.1. The van der Waals surface area contributed by atoms with Crippen molar-refractivity contribution in [3.63, 3.8) is 0 Å². The first-order valence-corrected chi connectivity index (χ1v) is 10.3. The van der Waals surface area contributed by atoms with Crippen molar-refractivity contribution >= 4 is 17.2 Å². The number of aliphatic hydroxyl groups is 1. The quantitative estimate of drug-likeness (QED) is 0.398. The summed E-state index contributed by atoms with van der Waals surface area (Å²) in [4.78, 5) is 16.1. The van der Waals surface area contributed by atoms with Gasteiger partial charge in [0.05, 0.1) is 36.0 Å². The van der Waals surface area contributed by atoms with Gasteiger partial charge in [-0.25, -0.2) is 13.9 Å². The Morgan fingerprint density at radius 3 is 2.58 bits per heavy atom. The van der Waals surface area contributed by atoms with Gasteiger partial charge in [-0.15, -0.1) is 0 Å². The van der Waals surface area contributed by atoms with Gasteiger partial charge in [0.1, 0.15) is 11.6 Å². The molecule has 0 aliphatic heterocycles. The molecular weight excluding hydrogens is 425 g/mol. The van der Waals surface area contributed by atoms with E-state index in [1.54, 1.807) is 61.0 Å². The summed E-state index contributed by atoms with van der Waals surface area (Å²) in [6.45, 7) is 3.66. The van der Waals surface area contributed by atoms with Crippen LogP contribution in [-0.4, -0.2) is 44.9 Å². The third kappa shape index (κ3) is 4.63. The standard InChI is InChI=1S/C24H24FN5O3/c1-24(2,32)13-28-19-11-18(14-4-7-16(25)8-5-14)29-30-20(12-27-23(19)30)17-9-6-15(22(26)31)10-21(17)33-3/h4-12,28,32H,13H2,1-3H3,(H2,26,31). The Morgan fingerprint density at radius 2 is 1.94 bits per heavy atom. The number of primary amides is 1. The predicted molar refractivity (Wildman–Crippen MR) is 124 cm³/mol. The molecule has 2 aromatic heterocycles. The largest absolute Gasteiger partial charge is 0.496 e. The summed E-state index contributed by atoms with van der Waals surface area (Å²) >= 11 is 0. The first-order chi connectivity index (χ1) is 15.7. The zero-order valence-corrected chi connectivity index (χ0v) is 18.5. The number of carbonyl (C=O) groups excluding carboxylic acids is 1. The van der Waals surface area contributed by atoms with Crippen molar-refractivity contribution in [3.8, 4) is 28.3 Å². The van der Waals surface area contributed by atoms with Crippen molar-refractivity contribution < 1.29 is 19.0 Å². The molecule has 4 rings (SSSR count). The summed E-state index contributed by atoms with van der Waals surface area (Å²) in [6, 6.07) is 12.7. The second-order valence-electron chi connectivity index (χ2n) is 8.27. The highest BCUT2D eigenvalue weighted by Crippen LogP contribution is 2.33. The van der Waals surface area contributed by atoms with Crippen LogP contribution in [0.25, 0.3) is 28.2 Å². The normalized spacial score (nSPS) is 11.5. The summed E-state index contributed by atoms with van der Waals surface area (Å²) in [7, 11) is 1.50. The van der Waals surface area contributed by atoms with Gasteiger partial charge in [-0.3, -0.25) is 4.79 Å². The lowest BCUT2D eigenvalue weighted by Crippen LogP contribution is -2.29. The van der Waals surface area contributed by atoms with Gasteiger partial charge in [-0.1, -0.05) is 0 Å². The fourth-order valence-corrected chi connectivity index (χ4v) is 3.41. The maximum atomic E-state index is 13.5. The SMILES string of the molecule is COc1cc(C(N)=O)ccc1-c1cnc2c(NCC(C)(C)O)cc(-c3ccc(F)cc3)nn12. The first-order valence-electron chi connectivity index (χ1n) is 10.3. The van der Waals surface area contributed by atoms with E-state index < -0.39 is 11.5 Å². The summed E-state index contributed by atoms with van der Waals surface area (Å²) < 4.78 is 20.6. The molecule has 0 spiro atoms. The Kier molecular flexibility index (Phi) is 5.73. The Hall–Kier alpha value is -3.98. The number of nitrogens with zero attached hydrogens (tertiary/aromatic N) is 3. The highest BCUT2D eigenvalue weighted by atomic mass is 19.1. The Labute approximate surface area is 189 Å². The third-order valence-electron chi connectivity index (χ3n) is 5.08. The van der Waals surface area contributed by atoms with Crippen LogP contribution in [-0.2, 0) is 0 Å². The van der Waals surface area contributed by atoms with Crippen LogP contribution in [0.4, 0.5) is 10.1 Å². The van der Waals surface area contributed by atoms with E-state index in [1.165, 1.54) is 19.2 Å². The number of hydrogen-bond acceptors (Lipinski definition) is 6. The van der Waals surface area contributed by atoms with E-state index in [1.807, 2.05) is 0 Å². The Morgan fingerprint density at radius 1 is 1.21 bits per heavy atom. The number of ether oxygens (including phenoxy) is 1. The number of nitrogens with one attached hydrogen (secondary N) is 1. The van der Waals surface area contributed by atoms with Crippen LogP contribution in [0, 0.1) is 5.82 Å². The minimum absolute atomic E-state index is 0.272. The number of aromatic nitrogens is 3. The van der Waals surface area contributed by atoms with Crippen LogP contribution in [0.5, 0.6) is 5.75 Å². The monoisotopic (exact) mass is 449 g/mol. The zero-order chi connectivity index (χ0) is 23.8. The van der Waals surface area contributed by atoms with Gasteiger partial charge in [-0.2, -0.15) is 5.10 Å². The number of hydrogen-bond donors (Lipinski definition) is 3. The molecule has 0 atom stereocenters. The van der Waals surface area contributed by atoms with E-state index >= 15 is 0 Å². The van der Waals surface area contributed by atoms with Crippen LogP contribution in [0.2, 0.25) is 0 Å². The molecule has 2 heterocycles. The van der Waals surface area contributed by atoms with Gasteiger partial charge in [0.2, 0.25) is 5.91 Å². The van der Waals surface area contributed by atoms with Crippen molar-refractivity contribution in [2.45, 2.75) is 19.4 Å². The van der Waals surface area contributed by atoms with Crippen LogP contribution >= 0.6 is 0 Å². The molecule has 33 heavy (non-hydrogen) atoms. The van der Waals surface area contributed by atoms with Gasteiger partial charge >= 0.3 is 0 Å². The minimum atomic E-state index is -0.959. The number of carbonyl (C=O) groups is 1. The van der Waals surface area contributed by atoms with Crippen LogP contribution in [0.1, 0.15) is 24.2 Å². The molecule has 0 aliphatic rings. The van der Waals surface area contributed by atoms with Gasteiger partial charge in [-0.05, 0) is 62.4 Å². The summed E-state index contributed by atoms with van der Waals surface area (Å²) in [5.41, 5.74) is 8.49. The first kappa shape index (κ1) is 22.2. The average Bonchev–Trinajstić information content (AvgIpc) is 3.20. The van der Waals surface area contributed by atoms with Gasteiger partial charge < -0.3 is 20.9 Å². The molecule has 1 amide bonds. The average molecular weight is 449 g/mol. The van der Waals surface area contributed by atoms with Crippen molar-refractivity contribution in [2.24, 2.45) is 5.73 Å². The van der Waals surface area contributed by atoms with E-state index in [0.29, 0.717) is 45.2 Å². The van der Waals surface area contributed by atoms with E-state index in [-0.39, 0.29) is 12.4 Å². The van der Waals surface area contributed by atoms with E-state index in [0.717, 1.165) is 0 Å². The molecule has 0 aliphatic carbocycles. The lowest BCUT2D eigenvalue weighted by Gasteiger charge is -2.19. The maximum absolute atomic E-state index is 13.5. The molecular formula is C24H24FN5O3. The number of amides is 1. The number of nitrogens with two attached hydrogens (primary N) is 1. The highest BCUT2D eigenvalue weighted by molar-refractivity contribution is 5.94. The molecule has 9 heteroatoms. The summed E-state index contributed by atoms with van der Waals surface area (Å²) in [6.07, 6.45) is 1.65. The second kappa shape index (κ2) is 8.51. The third-order valence-corrected chi connectivity index (χ3v) is 5.08. The molecule has 2 aromatic carbocycles. The molecule has 0 saturated carbocycles. The molecule has 0 fully saturated rings. The number of methoxy groups -OCH3 is 1. The Bertz CT molecular complexity index is 1330. The lowest BCUT2D eigenvalue weighted by atomic mass is 10.1. The van der Waals surface area contributed by atoms with E-state index in [4.69, 9.17) is 15.6 Å². The van der Waals surface area contributed by atoms with Crippen molar-refractivity contribution in [1.82, 2.24) is 14.6 Å². The topological polar surface area (TPSA) is 115 Å². The van der Waals surface area contributed by atoms with Crippen LogP contribution in [0.15, 0.2) is 54.7 Å². The number of imidazole rings is 1. The number of fused-ring (bicyclic) bond motifs is 1. The van der Waals surface area contributed by atoms with E-state index in [2.05, 4.69) is 10.3 Å². The molecule has 0 saturated heterocycles. The van der Waals surface area contributed by atoms with Crippen molar-refractivity contribution in [1.29, 1.82) is 0 Å². The molecule has 8 nitrogen and oxygen atoms in total. The number of benzene rings is 2. The van der Waals surface area contributed by atoms with Crippen molar-refractivity contribution in [2.75, 3.05) is 19.0 Å². The summed E-state index contributed by atoms with van der Waals surface area (Å²) in [5.74, 6) is -0.469. The fraction of sp³-hybridized carbons (Fsp3) is 0.208. The lowest BCUT2D eigenvalue weighted by molar-refractivity contribution is 0.0944. The number of halogens is 1. The number of anilines is 1. The highest BCUT2D eigenvalue weighted by Gasteiger charge is 2.19. The van der Waals surface area contributed by atoms with Crippen molar-refractivity contribution in [3.05, 3.63) is 66.1 Å². The minimum Gasteiger partial charge on any atom is -0.496 e. The smallest absolute Gasteiger partial charge is 0.248 e. The molecule has 170 valence electrons. The molecule has 0 bridgehead atoms. The molecule has 0 radical (unpaired) electrons. The molecule has 4 aromatic rings. The van der Waals surface area contributed by atoms with Crippen LogP contribution < -0.4 is 15.8 Å². The molecule has 4 N–H and O–H groups in total. The second-order valence-corrected chi connectivity index (χ2v) is 8.27. The Balaban J connectivity index is 1.91. The van der Waals surface area contributed by atoms with Gasteiger partial charge in [0.15, 0.2) is 5.65 Å².